The lowest BCUT2D eigenvalue weighted by atomic mass is 10.1. The van der Waals surface area contributed by atoms with Gasteiger partial charge in [-0.15, -0.1) is 0 Å². The maximum atomic E-state index is 11.7. The van der Waals surface area contributed by atoms with Crippen LogP contribution in [-0.2, 0) is 13.6 Å². The number of aromatic nitrogens is 4. The minimum atomic E-state index is -4.14. The average molecular weight is 315 g/mol. The van der Waals surface area contributed by atoms with Crippen LogP contribution in [-0.4, -0.2) is 42.6 Å². The third kappa shape index (κ3) is 2.64. The van der Waals surface area contributed by atoms with E-state index in [9.17, 15) is 14.5 Å². The quantitative estimate of drug-likeness (QED) is 0.495. The number of nitrogens with one attached hydrogen (secondary N) is 1. The van der Waals surface area contributed by atoms with Crippen molar-refractivity contribution < 1.29 is 23.6 Å². The highest BCUT2D eigenvalue weighted by molar-refractivity contribution is 7.47. The van der Waals surface area contributed by atoms with Crippen molar-refractivity contribution >= 4 is 24.9 Å². The van der Waals surface area contributed by atoms with Crippen molar-refractivity contribution in [2.75, 3.05) is 12.3 Å². The second kappa shape index (κ2) is 4.83. The molecule has 1 saturated heterocycles. The molecule has 21 heavy (non-hydrogen) atoms. The maximum absolute atomic E-state index is 11.7. The maximum Gasteiger partial charge on any atom is 0.472 e. The number of aromatic amines is 1. The molecule has 0 saturated carbocycles. The van der Waals surface area contributed by atoms with E-state index in [4.69, 9.17) is 10.6 Å². The summed E-state index contributed by atoms with van der Waals surface area (Å²) in [6.07, 6.45) is -1.31. The van der Waals surface area contributed by atoms with Gasteiger partial charge in [-0.1, -0.05) is 0 Å². The van der Waals surface area contributed by atoms with Crippen LogP contribution in [0.1, 0.15) is 11.8 Å². The normalized spacial score (nSPS) is 27.0. The molecule has 1 fully saturated rings. The van der Waals surface area contributed by atoms with Gasteiger partial charge >= 0.3 is 7.82 Å². The second-order valence-corrected chi connectivity index (χ2v) is 5.68. The molecular weight excluding hydrogens is 305 g/mol. The number of hydrogen-bond acceptors (Lipinski definition) is 9. The molecule has 2 aromatic rings. The fourth-order valence-corrected chi connectivity index (χ4v) is 2.74. The summed E-state index contributed by atoms with van der Waals surface area (Å²) in [4.78, 5) is 34.6. The number of aliphatic hydroxyl groups excluding tert-OH is 1. The number of fused-ring (bicyclic) bond motifs is 1. The van der Waals surface area contributed by atoms with E-state index in [1.807, 2.05) is 0 Å². The van der Waals surface area contributed by atoms with E-state index in [1.165, 1.54) is 6.20 Å². The molecule has 11 nitrogen and oxygen atoms in total. The predicted octanol–water partition coefficient (Wildman–Crippen LogP) is -1.16. The highest BCUT2D eigenvalue weighted by Crippen LogP contribution is 2.51. The van der Waals surface area contributed by atoms with E-state index in [-0.39, 0.29) is 29.4 Å². The minimum absolute atomic E-state index is 0.0172. The fourth-order valence-electron chi connectivity index (χ4n) is 1.83. The molecule has 1 aliphatic heterocycles. The lowest BCUT2D eigenvalue weighted by Crippen LogP contribution is -2.22. The van der Waals surface area contributed by atoms with E-state index in [1.54, 1.807) is 0 Å². The van der Waals surface area contributed by atoms with Crippen molar-refractivity contribution in [3.8, 4) is 0 Å². The fraction of sp³-hybridized carbons (Fsp3) is 0.333. The zero-order chi connectivity index (χ0) is 15.2. The van der Waals surface area contributed by atoms with Crippen LogP contribution in [0, 0.1) is 0 Å². The van der Waals surface area contributed by atoms with Crippen molar-refractivity contribution in [2.24, 2.45) is 0 Å². The first kappa shape index (κ1) is 14.0. The molecule has 0 aromatic carbocycles. The van der Waals surface area contributed by atoms with Crippen LogP contribution in [0.25, 0.3) is 11.2 Å². The number of phosphoric ester groups is 1. The summed E-state index contributed by atoms with van der Waals surface area (Å²) >= 11 is 0. The summed E-state index contributed by atoms with van der Waals surface area (Å²) in [6, 6.07) is 0. The SMILES string of the molecule is Nc1nc2ncc([C@H](O)[C@H]3COP(=O)(O)O3)nc2c(=O)[nH]1. The molecule has 0 aliphatic carbocycles. The molecule has 0 spiro atoms. The highest BCUT2D eigenvalue weighted by atomic mass is 31.2. The lowest BCUT2D eigenvalue weighted by molar-refractivity contribution is 0.0422. The Balaban J connectivity index is 1.98. The Kier molecular flexibility index (Phi) is 3.23. The van der Waals surface area contributed by atoms with Crippen LogP contribution in [0.2, 0.25) is 0 Å². The van der Waals surface area contributed by atoms with Gasteiger partial charge in [0, 0.05) is 0 Å². The van der Waals surface area contributed by atoms with Crippen molar-refractivity contribution in [1.82, 2.24) is 19.9 Å². The number of nitrogens with zero attached hydrogens (tertiary/aromatic N) is 3. The number of nitrogens with two attached hydrogens (primary N) is 1. The number of phosphoric acid groups is 1. The first-order valence-corrected chi connectivity index (χ1v) is 7.21. The molecule has 1 aliphatic rings. The number of hydrogen-bond donors (Lipinski definition) is 4. The van der Waals surface area contributed by atoms with Gasteiger partial charge in [-0.2, -0.15) is 4.98 Å². The van der Waals surface area contributed by atoms with Crippen LogP contribution >= 0.6 is 7.82 Å². The van der Waals surface area contributed by atoms with Gasteiger partial charge in [0.2, 0.25) is 5.95 Å². The van der Waals surface area contributed by atoms with Crippen LogP contribution < -0.4 is 11.3 Å². The molecule has 0 radical (unpaired) electrons. The molecule has 3 rings (SSSR count). The molecular formula is C9H10N5O6P. The number of aliphatic hydroxyl groups is 1. The van der Waals surface area contributed by atoms with E-state index >= 15 is 0 Å². The van der Waals surface area contributed by atoms with E-state index in [2.05, 4.69) is 29.0 Å². The van der Waals surface area contributed by atoms with Crippen LogP contribution in [0.15, 0.2) is 11.0 Å². The van der Waals surface area contributed by atoms with Crippen LogP contribution in [0.3, 0.4) is 0 Å². The van der Waals surface area contributed by atoms with Gasteiger partial charge in [0.05, 0.1) is 18.5 Å². The zero-order valence-corrected chi connectivity index (χ0v) is 11.2. The van der Waals surface area contributed by atoms with Crippen molar-refractivity contribution in [3.05, 3.63) is 22.2 Å². The Morgan fingerprint density at radius 3 is 2.95 bits per heavy atom. The van der Waals surface area contributed by atoms with Crippen LogP contribution in [0.5, 0.6) is 0 Å². The van der Waals surface area contributed by atoms with Gasteiger partial charge < -0.3 is 15.7 Å². The van der Waals surface area contributed by atoms with Gasteiger partial charge in [0.25, 0.3) is 5.56 Å². The summed E-state index contributed by atoms with van der Waals surface area (Å²) in [5, 5.41) is 10.1. The van der Waals surface area contributed by atoms with Gasteiger partial charge in [-0.3, -0.25) is 18.8 Å². The molecule has 12 heteroatoms. The number of rotatable bonds is 2. The smallest absolute Gasteiger partial charge is 0.384 e. The molecule has 2 aromatic heterocycles. The third-order valence-corrected chi connectivity index (χ3v) is 3.79. The monoisotopic (exact) mass is 315 g/mol. The highest BCUT2D eigenvalue weighted by Gasteiger charge is 2.40. The number of nitrogen functional groups attached to an aromatic ring is 1. The molecule has 5 N–H and O–H groups in total. The van der Waals surface area contributed by atoms with E-state index < -0.39 is 25.6 Å². The van der Waals surface area contributed by atoms with E-state index in [0.29, 0.717) is 0 Å². The summed E-state index contributed by atoms with van der Waals surface area (Å²) in [5.74, 6) is -0.108. The topological polar surface area (TPSA) is 174 Å². The van der Waals surface area contributed by atoms with Crippen LogP contribution in [0.4, 0.5) is 5.95 Å². The molecule has 0 bridgehead atoms. The first-order chi connectivity index (χ1) is 9.85. The van der Waals surface area contributed by atoms with Crippen molar-refractivity contribution in [1.29, 1.82) is 0 Å². The Labute approximate surface area is 116 Å². The predicted molar refractivity (Wildman–Crippen MR) is 68.0 cm³/mol. The summed E-state index contributed by atoms with van der Waals surface area (Å²) in [6.45, 7) is -0.287. The molecule has 1 unspecified atom stereocenters. The Hall–Kier alpha value is -1.91. The first-order valence-electron chi connectivity index (χ1n) is 5.72. The second-order valence-electron chi connectivity index (χ2n) is 4.27. The van der Waals surface area contributed by atoms with Gasteiger partial charge in [0.1, 0.15) is 12.2 Å². The largest absolute Gasteiger partial charge is 0.472 e. The van der Waals surface area contributed by atoms with Gasteiger partial charge in [0.15, 0.2) is 11.2 Å². The van der Waals surface area contributed by atoms with Gasteiger partial charge in [-0.25, -0.2) is 14.5 Å². The van der Waals surface area contributed by atoms with Crippen molar-refractivity contribution in [2.45, 2.75) is 12.2 Å². The summed E-state index contributed by atoms with van der Waals surface area (Å²) < 4.78 is 20.3. The van der Waals surface area contributed by atoms with Gasteiger partial charge in [-0.05, 0) is 0 Å². The summed E-state index contributed by atoms with van der Waals surface area (Å²) in [7, 11) is -4.14. The Morgan fingerprint density at radius 2 is 2.29 bits per heavy atom. The molecule has 112 valence electrons. The minimum Gasteiger partial charge on any atom is -0.384 e. The zero-order valence-electron chi connectivity index (χ0n) is 10.3. The lowest BCUT2D eigenvalue weighted by Gasteiger charge is -2.14. The standard InChI is InChI=1S/C9H10N5O6P/c10-9-13-7-5(8(16)14-9)12-3(1-11-7)6(15)4-2-19-21(17,18)20-4/h1,4,6,15H,2H2,(H,17,18)(H3,10,11,13,14,16)/t4-,6+/m1/s1. The molecule has 0 amide bonds. The number of H-pyrrole nitrogens is 1. The Bertz CT molecular complexity index is 809. The Morgan fingerprint density at radius 1 is 1.52 bits per heavy atom. The number of anilines is 1. The van der Waals surface area contributed by atoms with E-state index in [0.717, 1.165) is 0 Å². The average Bonchev–Trinajstić information content (AvgIpc) is 2.78. The summed E-state index contributed by atoms with van der Waals surface area (Å²) in [5.41, 5.74) is 4.64. The third-order valence-electron chi connectivity index (χ3n) is 2.78. The molecule has 3 heterocycles. The molecule has 3 atom stereocenters. The van der Waals surface area contributed by atoms with Crippen molar-refractivity contribution in [3.63, 3.8) is 0 Å².